The first-order valence-electron chi connectivity index (χ1n) is 11.4. The number of thiazole rings is 1. The van der Waals surface area contributed by atoms with E-state index < -0.39 is 0 Å². The molecule has 10 heteroatoms. The number of urea groups is 1. The number of carbonyl (C=O) groups is 1. The Bertz CT molecular complexity index is 1130. The fourth-order valence-corrected chi connectivity index (χ4v) is 5.31. The maximum Gasteiger partial charge on any atom is 0.324 e. The Kier molecular flexibility index (Phi) is 6.30. The van der Waals surface area contributed by atoms with Crippen molar-refractivity contribution in [2.45, 2.75) is 37.8 Å². The van der Waals surface area contributed by atoms with Crippen molar-refractivity contribution in [1.82, 2.24) is 14.9 Å². The molecule has 2 fully saturated rings. The van der Waals surface area contributed by atoms with Crippen molar-refractivity contribution in [3.05, 3.63) is 36.4 Å². The van der Waals surface area contributed by atoms with Gasteiger partial charge in [0.25, 0.3) is 0 Å². The Morgan fingerprint density at radius 1 is 1.06 bits per heavy atom. The number of β-amino-alcohol motifs (C(OH)–C–C–N with tert-alkyl or cyclic N) is 1. The lowest BCUT2D eigenvalue weighted by atomic mass is 9.93. The van der Waals surface area contributed by atoms with Crippen LogP contribution in [0, 0.1) is 0 Å². The first-order chi connectivity index (χ1) is 16.1. The summed E-state index contributed by atoms with van der Waals surface area (Å²) in [6, 6.07) is 11.9. The lowest BCUT2D eigenvalue weighted by molar-refractivity contribution is 0.126. The fourth-order valence-electron chi connectivity index (χ4n) is 4.41. The van der Waals surface area contributed by atoms with Gasteiger partial charge >= 0.3 is 6.03 Å². The highest BCUT2D eigenvalue weighted by atomic mass is 32.1. The lowest BCUT2D eigenvalue weighted by Gasteiger charge is -2.26. The van der Waals surface area contributed by atoms with Gasteiger partial charge in [-0.2, -0.15) is 0 Å². The minimum atomic E-state index is -0.174. The Hall–Kier alpha value is -2.95. The highest BCUT2D eigenvalue weighted by Crippen LogP contribution is 2.32. The molecule has 9 nitrogen and oxygen atoms in total. The van der Waals surface area contributed by atoms with E-state index in [0.717, 1.165) is 52.5 Å². The molecular formula is C23H28N6O3S. The number of aliphatic hydroxyl groups excluding tert-OH is 2. The molecular weight excluding hydrogens is 440 g/mol. The molecule has 0 unspecified atom stereocenters. The highest BCUT2D eigenvalue weighted by molar-refractivity contribution is 7.22. The minimum Gasteiger partial charge on any atom is -0.395 e. The van der Waals surface area contributed by atoms with Crippen molar-refractivity contribution < 1.29 is 15.0 Å². The number of hydrogen-bond acceptors (Lipinski definition) is 8. The third-order valence-corrected chi connectivity index (χ3v) is 7.11. The maximum atomic E-state index is 12.6. The van der Waals surface area contributed by atoms with Crippen LogP contribution in [0.5, 0.6) is 0 Å². The topological polar surface area (TPSA) is 114 Å². The number of pyridine rings is 1. The van der Waals surface area contributed by atoms with Crippen LogP contribution in [0.3, 0.4) is 0 Å². The summed E-state index contributed by atoms with van der Waals surface area (Å²) in [5.74, 6) is 1.52. The highest BCUT2D eigenvalue weighted by Gasteiger charge is 2.29. The van der Waals surface area contributed by atoms with Crippen molar-refractivity contribution in [3.63, 3.8) is 0 Å². The molecule has 2 aliphatic rings. The Morgan fingerprint density at radius 2 is 1.88 bits per heavy atom. The Morgan fingerprint density at radius 3 is 2.70 bits per heavy atom. The van der Waals surface area contributed by atoms with Gasteiger partial charge in [0.1, 0.15) is 11.6 Å². The third kappa shape index (κ3) is 4.87. The van der Waals surface area contributed by atoms with Gasteiger partial charge in [0.15, 0.2) is 5.13 Å². The van der Waals surface area contributed by atoms with Gasteiger partial charge in [-0.1, -0.05) is 17.4 Å². The summed E-state index contributed by atoms with van der Waals surface area (Å²) in [7, 11) is 0. The van der Waals surface area contributed by atoms with Gasteiger partial charge < -0.3 is 25.7 Å². The molecule has 0 bridgehead atoms. The molecule has 2 amide bonds. The van der Waals surface area contributed by atoms with E-state index in [2.05, 4.69) is 20.6 Å². The molecule has 4 N–H and O–H groups in total. The van der Waals surface area contributed by atoms with E-state index in [9.17, 15) is 9.90 Å². The summed E-state index contributed by atoms with van der Waals surface area (Å²) in [5.41, 5.74) is 1.70. The molecule has 3 heterocycles. The molecule has 0 spiro atoms. The quantitative estimate of drug-likeness (QED) is 0.420. The van der Waals surface area contributed by atoms with Crippen molar-refractivity contribution in [3.8, 4) is 0 Å². The summed E-state index contributed by atoms with van der Waals surface area (Å²) >= 11 is 1.52. The van der Waals surface area contributed by atoms with Gasteiger partial charge in [0, 0.05) is 31.4 Å². The number of hydrogen-bond donors (Lipinski definition) is 4. The standard InChI is InChI=1S/C23H28N6O3S/c30-13-12-28-10-11-29(23(28)32)16-6-9-18-19(14-16)33-22(25-18)27-21-3-1-2-20(26-21)24-15-4-7-17(31)8-5-15/h1-3,6,9,14-15,17,30-31H,4-5,7-8,10-13H2,(H2,24,25,26,27)/t15-,17-. The molecule has 174 valence electrons. The van der Waals surface area contributed by atoms with Gasteiger partial charge in [-0.25, -0.2) is 14.8 Å². The normalized spacial score (nSPS) is 21.1. The number of anilines is 4. The fraction of sp³-hybridized carbons (Fsp3) is 0.435. The van der Waals surface area contributed by atoms with Crippen LogP contribution in [0.25, 0.3) is 10.2 Å². The second-order valence-electron chi connectivity index (χ2n) is 8.50. The van der Waals surface area contributed by atoms with Crippen molar-refractivity contribution in [2.75, 3.05) is 41.8 Å². The molecule has 5 rings (SSSR count). The third-order valence-electron chi connectivity index (χ3n) is 6.18. The van der Waals surface area contributed by atoms with Gasteiger partial charge in [-0.15, -0.1) is 0 Å². The van der Waals surface area contributed by atoms with Crippen LogP contribution < -0.4 is 15.5 Å². The lowest BCUT2D eigenvalue weighted by Crippen LogP contribution is -2.33. The van der Waals surface area contributed by atoms with Gasteiger partial charge in [-0.05, 0) is 56.0 Å². The maximum absolute atomic E-state index is 12.6. The summed E-state index contributed by atoms with van der Waals surface area (Å²) in [4.78, 5) is 25.3. The second-order valence-corrected chi connectivity index (χ2v) is 9.53. The number of carbonyl (C=O) groups excluding carboxylic acids is 1. The molecule has 2 aromatic heterocycles. The largest absolute Gasteiger partial charge is 0.395 e. The first kappa shape index (κ1) is 21.9. The molecule has 1 saturated heterocycles. The number of rotatable bonds is 7. The van der Waals surface area contributed by atoms with E-state index in [1.54, 1.807) is 9.80 Å². The SMILES string of the molecule is O=C1N(CCO)CCN1c1ccc2nc(Nc3cccc(N[C@H]4CC[C@H](O)CC4)n3)sc2c1. The molecule has 33 heavy (non-hydrogen) atoms. The number of benzene rings is 1. The van der Waals surface area contributed by atoms with Crippen molar-refractivity contribution >= 4 is 50.0 Å². The molecule has 1 aromatic carbocycles. The predicted octanol–water partition coefficient (Wildman–Crippen LogP) is 3.38. The van der Waals surface area contributed by atoms with E-state index in [0.29, 0.717) is 31.5 Å². The van der Waals surface area contributed by atoms with Crippen molar-refractivity contribution in [2.24, 2.45) is 0 Å². The summed E-state index contributed by atoms with van der Waals surface area (Å²) in [6.45, 7) is 1.55. The number of fused-ring (bicyclic) bond motifs is 1. The molecule has 1 aliphatic carbocycles. The van der Waals surface area contributed by atoms with Crippen LogP contribution in [0.2, 0.25) is 0 Å². The molecule has 1 aliphatic heterocycles. The monoisotopic (exact) mass is 468 g/mol. The molecule has 0 radical (unpaired) electrons. The zero-order chi connectivity index (χ0) is 22.8. The zero-order valence-corrected chi connectivity index (χ0v) is 19.1. The summed E-state index contributed by atoms with van der Waals surface area (Å²) in [6.07, 6.45) is 3.36. The second kappa shape index (κ2) is 9.50. The van der Waals surface area contributed by atoms with Gasteiger partial charge in [0.05, 0.1) is 22.9 Å². The Labute approximate surface area is 196 Å². The van der Waals surface area contributed by atoms with E-state index in [-0.39, 0.29) is 18.7 Å². The average molecular weight is 469 g/mol. The number of aromatic nitrogens is 2. The van der Waals surface area contributed by atoms with Crippen LogP contribution >= 0.6 is 11.3 Å². The van der Waals surface area contributed by atoms with Crippen LogP contribution in [0.15, 0.2) is 36.4 Å². The van der Waals surface area contributed by atoms with E-state index in [1.807, 2.05) is 36.4 Å². The predicted molar refractivity (Wildman–Crippen MR) is 130 cm³/mol. The van der Waals surface area contributed by atoms with Crippen LogP contribution in [0.1, 0.15) is 25.7 Å². The van der Waals surface area contributed by atoms with E-state index in [4.69, 9.17) is 5.11 Å². The van der Waals surface area contributed by atoms with Crippen molar-refractivity contribution in [1.29, 1.82) is 0 Å². The van der Waals surface area contributed by atoms with Gasteiger partial charge in [-0.3, -0.25) is 4.90 Å². The minimum absolute atomic E-state index is 0.0307. The van der Waals surface area contributed by atoms with Crippen LogP contribution in [0.4, 0.5) is 27.2 Å². The Balaban J connectivity index is 1.28. The van der Waals surface area contributed by atoms with Gasteiger partial charge in [0.2, 0.25) is 0 Å². The number of amides is 2. The summed E-state index contributed by atoms with van der Waals surface area (Å²) < 4.78 is 0.985. The molecule has 0 atom stereocenters. The number of aliphatic hydroxyl groups is 2. The average Bonchev–Trinajstić information content (AvgIpc) is 3.38. The van der Waals surface area contributed by atoms with Crippen LogP contribution in [-0.2, 0) is 0 Å². The molecule has 1 saturated carbocycles. The van der Waals surface area contributed by atoms with Crippen LogP contribution in [-0.4, -0.2) is 69.5 Å². The first-order valence-corrected chi connectivity index (χ1v) is 12.2. The smallest absolute Gasteiger partial charge is 0.324 e. The van der Waals surface area contributed by atoms with E-state index in [1.165, 1.54) is 11.3 Å². The zero-order valence-electron chi connectivity index (χ0n) is 18.3. The molecule has 3 aromatic rings. The number of nitrogens with zero attached hydrogens (tertiary/aromatic N) is 4. The number of nitrogens with one attached hydrogen (secondary N) is 2. The summed E-state index contributed by atoms with van der Waals surface area (Å²) in [5, 5.41) is 26.3. The van der Waals surface area contributed by atoms with E-state index >= 15 is 0 Å².